The summed E-state index contributed by atoms with van der Waals surface area (Å²) < 4.78 is 2.75. The summed E-state index contributed by atoms with van der Waals surface area (Å²) in [5, 5.41) is 4.21. The van der Waals surface area contributed by atoms with Crippen molar-refractivity contribution in [3.8, 4) is 0 Å². The van der Waals surface area contributed by atoms with Crippen LogP contribution in [0.5, 0.6) is 0 Å². The largest absolute Gasteiger partial charge is 0.328 e. The Morgan fingerprint density at radius 2 is 2.33 bits per heavy atom. The van der Waals surface area contributed by atoms with E-state index >= 15 is 0 Å². The van der Waals surface area contributed by atoms with Crippen LogP contribution in [0.4, 0.5) is 0 Å². The molecule has 0 fully saturated rings. The standard InChI is InChI=1S/C10H11BrN4/c11-8-6-14-15(7-8)10(5-12)9-3-1-2-4-13-9/h1-4,6-7,10H,5,12H2. The fourth-order valence-corrected chi connectivity index (χ4v) is 1.72. The van der Waals surface area contributed by atoms with Crippen molar-refractivity contribution in [3.63, 3.8) is 0 Å². The number of aromatic nitrogens is 3. The first-order valence-electron chi connectivity index (χ1n) is 4.62. The van der Waals surface area contributed by atoms with Crippen LogP contribution in [-0.4, -0.2) is 21.3 Å². The fourth-order valence-electron chi connectivity index (χ4n) is 1.42. The Labute approximate surface area is 96.3 Å². The van der Waals surface area contributed by atoms with Crippen LogP contribution in [0, 0.1) is 0 Å². The number of nitrogens with two attached hydrogens (primary N) is 1. The van der Waals surface area contributed by atoms with E-state index in [1.165, 1.54) is 0 Å². The van der Waals surface area contributed by atoms with E-state index in [2.05, 4.69) is 26.0 Å². The highest BCUT2D eigenvalue weighted by Crippen LogP contribution is 2.16. The second kappa shape index (κ2) is 4.55. The molecule has 2 heterocycles. The molecule has 0 aliphatic rings. The van der Waals surface area contributed by atoms with Crippen LogP contribution in [-0.2, 0) is 0 Å². The maximum Gasteiger partial charge on any atom is 0.106 e. The molecule has 0 saturated carbocycles. The van der Waals surface area contributed by atoms with E-state index in [9.17, 15) is 0 Å². The molecule has 2 aromatic heterocycles. The summed E-state index contributed by atoms with van der Waals surface area (Å²) in [7, 11) is 0. The molecule has 0 aliphatic carbocycles. The van der Waals surface area contributed by atoms with Gasteiger partial charge < -0.3 is 5.73 Å². The fraction of sp³-hybridized carbons (Fsp3) is 0.200. The molecule has 2 rings (SSSR count). The first-order valence-corrected chi connectivity index (χ1v) is 5.41. The van der Waals surface area contributed by atoms with Crippen molar-refractivity contribution in [1.29, 1.82) is 0 Å². The maximum absolute atomic E-state index is 5.73. The average Bonchev–Trinajstić information content (AvgIpc) is 2.68. The number of nitrogens with zero attached hydrogens (tertiary/aromatic N) is 3. The van der Waals surface area contributed by atoms with E-state index in [1.807, 2.05) is 29.1 Å². The summed E-state index contributed by atoms with van der Waals surface area (Å²) in [4.78, 5) is 4.28. The number of halogens is 1. The van der Waals surface area contributed by atoms with Crippen molar-refractivity contribution in [2.24, 2.45) is 5.73 Å². The summed E-state index contributed by atoms with van der Waals surface area (Å²) in [6, 6.07) is 5.78. The maximum atomic E-state index is 5.73. The zero-order valence-electron chi connectivity index (χ0n) is 8.05. The Kier molecular flexibility index (Phi) is 3.13. The summed E-state index contributed by atoms with van der Waals surface area (Å²) >= 11 is 3.36. The SMILES string of the molecule is NCC(c1ccccn1)n1cc(Br)cn1. The summed E-state index contributed by atoms with van der Waals surface area (Å²) in [6.45, 7) is 0.477. The second-order valence-corrected chi connectivity index (χ2v) is 4.06. The van der Waals surface area contributed by atoms with Crippen LogP contribution >= 0.6 is 15.9 Å². The monoisotopic (exact) mass is 266 g/mol. The molecule has 78 valence electrons. The number of rotatable bonds is 3. The molecule has 0 aromatic carbocycles. The molecule has 2 aromatic rings. The van der Waals surface area contributed by atoms with Crippen molar-refractivity contribution in [2.45, 2.75) is 6.04 Å². The van der Waals surface area contributed by atoms with Crippen LogP contribution in [0.1, 0.15) is 11.7 Å². The van der Waals surface area contributed by atoms with Crippen LogP contribution in [0.15, 0.2) is 41.3 Å². The smallest absolute Gasteiger partial charge is 0.106 e. The summed E-state index contributed by atoms with van der Waals surface area (Å²) in [6.07, 6.45) is 5.40. The lowest BCUT2D eigenvalue weighted by atomic mass is 10.2. The molecule has 0 aliphatic heterocycles. The topological polar surface area (TPSA) is 56.7 Å². The molecule has 4 nitrogen and oxygen atoms in total. The van der Waals surface area contributed by atoms with Crippen LogP contribution in [0.2, 0.25) is 0 Å². The van der Waals surface area contributed by atoms with Crippen molar-refractivity contribution >= 4 is 15.9 Å². The Morgan fingerprint density at radius 3 is 2.87 bits per heavy atom. The predicted molar refractivity (Wildman–Crippen MR) is 61.4 cm³/mol. The molecule has 0 amide bonds. The number of hydrogen-bond acceptors (Lipinski definition) is 3. The van der Waals surface area contributed by atoms with E-state index in [4.69, 9.17) is 5.73 Å². The van der Waals surface area contributed by atoms with Gasteiger partial charge in [0.05, 0.1) is 16.4 Å². The Balaban J connectivity index is 2.33. The van der Waals surface area contributed by atoms with Crippen molar-refractivity contribution in [3.05, 3.63) is 47.0 Å². The van der Waals surface area contributed by atoms with Gasteiger partial charge in [-0.05, 0) is 28.1 Å². The quantitative estimate of drug-likeness (QED) is 0.918. The highest BCUT2D eigenvalue weighted by molar-refractivity contribution is 9.10. The molecule has 5 heteroatoms. The van der Waals surface area contributed by atoms with Gasteiger partial charge in [-0.15, -0.1) is 0 Å². The molecule has 2 N–H and O–H groups in total. The summed E-state index contributed by atoms with van der Waals surface area (Å²) in [5.41, 5.74) is 6.66. The molecule has 15 heavy (non-hydrogen) atoms. The van der Waals surface area contributed by atoms with Gasteiger partial charge in [0.1, 0.15) is 6.04 Å². The highest BCUT2D eigenvalue weighted by Gasteiger charge is 2.13. The lowest BCUT2D eigenvalue weighted by Gasteiger charge is -2.14. The minimum absolute atomic E-state index is 0.00231. The Bertz CT molecular complexity index is 426. The highest BCUT2D eigenvalue weighted by atomic mass is 79.9. The molecular weight excluding hydrogens is 256 g/mol. The van der Waals surface area contributed by atoms with E-state index in [0.29, 0.717) is 6.54 Å². The van der Waals surface area contributed by atoms with Crippen LogP contribution in [0.3, 0.4) is 0 Å². The zero-order valence-corrected chi connectivity index (χ0v) is 9.63. The molecule has 0 radical (unpaired) electrons. The predicted octanol–water partition coefficient (Wildman–Crippen LogP) is 1.59. The normalized spacial score (nSPS) is 12.7. The van der Waals surface area contributed by atoms with E-state index in [0.717, 1.165) is 10.2 Å². The lowest BCUT2D eigenvalue weighted by Crippen LogP contribution is -2.21. The minimum atomic E-state index is -0.00231. The number of hydrogen-bond donors (Lipinski definition) is 1. The van der Waals surface area contributed by atoms with Gasteiger partial charge in [-0.2, -0.15) is 5.10 Å². The Morgan fingerprint density at radius 1 is 1.47 bits per heavy atom. The third-order valence-electron chi connectivity index (χ3n) is 2.14. The van der Waals surface area contributed by atoms with Gasteiger partial charge in [0, 0.05) is 18.9 Å². The third-order valence-corrected chi connectivity index (χ3v) is 2.55. The van der Waals surface area contributed by atoms with E-state index < -0.39 is 0 Å². The zero-order chi connectivity index (χ0) is 10.7. The van der Waals surface area contributed by atoms with Gasteiger partial charge in [-0.1, -0.05) is 6.07 Å². The first-order chi connectivity index (χ1) is 7.31. The van der Waals surface area contributed by atoms with Crippen LogP contribution in [0.25, 0.3) is 0 Å². The van der Waals surface area contributed by atoms with Gasteiger partial charge >= 0.3 is 0 Å². The third kappa shape index (κ3) is 2.24. The van der Waals surface area contributed by atoms with Gasteiger partial charge in [0.15, 0.2) is 0 Å². The first kappa shape index (κ1) is 10.3. The lowest BCUT2D eigenvalue weighted by molar-refractivity contribution is 0.520. The molecule has 0 spiro atoms. The van der Waals surface area contributed by atoms with E-state index in [1.54, 1.807) is 12.4 Å². The van der Waals surface area contributed by atoms with E-state index in [-0.39, 0.29) is 6.04 Å². The van der Waals surface area contributed by atoms with Gasteiger partial charge in [-0.3, -0.25) is 9.67 Å². The molecule has 1 unspecified atom stereocenters. The Hall–Kier alpha value is -1.20. The molecule has 0 saturated heterocycles. The average molecular weight is 267 g/mol. The minimum Gasteiger partial charge on any atom is -0.328 e. The molecule has 1 atom stereocenters. The van der Waals surface area contributed by atoms with Gasteiger partial charge in [0.2, 0.25) is 0 Å². The summed E-state index contributed by atoms with van der Waals surface area (Å²) in [5.74, 6) is 0. The van der Waals surface area contributed by atoms with Crippen molar-refractivity contribution in [2.75, 3.05) is 6.54 Å². The molecular formula is C10H11BrN4. The number of pyridine rings is 1. The van der Waals surface area contributed by atoms with Gasteiger partial charge in [-0.25, -0.2) is 0 Å². The van der Waals surface area contributed by atoms with Crippen LogP contribution < -0.4 is 5.73 Å². The van der Waals surface area contributed by atoms with Crippen molar-refractivity contribution < 1.29 is 0 Å². The molecule has 0 bridgehead atoms. The van der Waals surface area contributed by atoms with Crippen molar-refractivity contribution in [1.82, 2.24) is 14.8 Å². The second-order valence-electron chi connectivity index (χ2n) is 3.14. The van der Waals surface area contributed by atoms with Gasteiger partial charge in [0.25, 0.3) is 0 Å².